The lowest BCUT2D eigenvalue weighted by atomic mass is 9.88. The monoisotopic (exact) mass is 345 g/mol. The maximum absolute atomic E-state index is 11.2. The number of nitrogens with two attached hydrogens (primary N) is 1. The molecular formula is C18H29Cl2NO. The Morgan fingerprint density at radius 3 is 2.27 bits per heavy atom. The lowest BCUT2D eigenvalue weighted by Crippen LogP contribution is -2.25. The highest BCUT2D eigenvalue weighted by Crippen LogP contribution is 2.22. The zero-order valence-corrected chi connectivity index (χ0v) is 15.7. The van der Waals surface area contributed by atoms with Gasteiger partial charge in [-0.1, -0.05) is 76.2 Å². The van der Waals surface area contributed by atoms with E-state index in [9.17, 15) is 4.79 Å². The predicted molar refractivity (Wildman–Crippen MR) is 97.8 cm³/mol. The number of Topliss-reactive ketones (excluding diaryl/α,β-unsaturated/α-hetero) is 1. The number of rotatable bonds is 7. The SMILES string of the molecule is CCCCC(C)C(C)C(=O)CN.CCc1ccc(Cl)c(Cl)c1. The molecule has 0 amide bonds. The van der Waals surface area contributed by atoms with Crippen LogP contribution in [0.25, 0.3) is 0 Å². The molecule has 126 valence electrons. The van der Waals surface area contributed by atoms with Crippen LogP contribution in [0.2, 0.25) is 10.0 Å². The van der Waals surface area contributed by atoms with E-state index >= 15 is 0 Å². The van der Waals surface area contributed by atoms with Crippen molar-refractivity contribution in [3.63, 3.8) is 0 Å². The number of benzene rings is 1. The van der Waals surface area contributed by atoms with Crippen molar-refractivity contribution in [3.8, 4) is 0 Å². The number of hydrogen-bond acceptors (Lipinski definition) is 2. The van der Waals surface area contributed by atoms with Crippen LogP contribution in [0.4, 0.5) is 0 Å². The van der Waals surface area contributed by atoms with E-state index < -0.39 is 0 Å². The first kappa shape index (κ1) is 21.4. The van der Waals surface area contributed by atoms with Crippen molar-refractivity contribution >= 4 is 29.0 Å². The largest absolute Gasteiger partial charge is 0.324 e. The van der Waals surface area contributed by atoms with Crippen LogP contribution < -0.4 is 5.73 Å². The first-order chi connectivity index (χ1) is 10.4. The van der Waals surface area contributed by atoms with Crippen molar-refractivity contribution in [2.24, 2.45) is 17.6 Å². The standard InChI is InChI=1S/C10H21NO.C8H8Cl2/c1-4-5-6-8(2)9(3)10(12)7-11;1-2-6-3-4-7(9)8(10)5-6/h8-9H,4-7,11H2,1-3H3;3-5H,2H2,1H3. The number of carbonyl (C=O) groups is 1. The van der Waals surface area contributed by atoms with E-state index in [1.807, 2.05) is 25.1 Å². The maximum atomic E-state index is 11.2. The van der Waals surface area contributed by atoms with Crippen molar-refractivity contribution in [3.05, 3.63) is 33.8 Å². The van der Waals surface area contributed by atoms with Gasteiger partial charge in [-0.15, -0.1) is 0 Å². The summed E-state index contributed by atoms with van der Waals surface area (Å²) < 4.78 is 0. The van der Waals surface area contributed by atoms with E-state index in [4.69, 9.17) is 28.9 Å². The van der Waals surface area contributed by atoms with E-state index in [2.05, 4.69) is 20.8 Å². The zero-order chi connectivity index (χ0) is 17.1. The molecule has 0 aromatic heterocycles. The van der Waals surface area contributed by atoms with Gasteiger partial charge in [0.15, 0.2) is 0 Å². The van der Waals surface area contributed by atoms with Crippen LogP contribution in [0.1, 0.15) is 52.5 Å². The Morgan fingerprint density at radius 1 is 1.18 bits per heavy atom. The smallest absolute Gasteiger partial charge is 0.149 e. The molecule has 0 aliphatic rings. The summed E-state index contributed by atoms with van der Waals surface area (Å²) in [6.07, 6.45) is 4.55. The molecule has 0 saturated heterocycles. The van der Waals surface area contributed by atoms with Gasteiger partial charge in [0, 0.05) is 5.92 Å². The molecule has 0 fully saturated rings. The van der Waals surface area contributed by atoms with Gasteiger partial charge in [-0.3, -0.25) is 4.79 Å². The van der Waals surface area contributed by atoms with Gasteiger partial charge >= 0.3 is 0 Å². The van der Waals surface area contributed by atoms with Gasteiger partial charge in [0.05, 0.1) is 16.6 Å². The van der Waals surface area contributed by atoms with E-state index in [1.165, 1.54) is 18.4 Å². The van der Waals surface area contributed by atoms with Crippen molar-refractivity contribution < 1.29 is 4.79 Å². The molecule has 0 saturated carbocycles. The first-order valence-electron chi connectivity index (χ1n) is 8.03. The molecule has 0 heterocycles. The van der Waals surface area contributed by atoms with Gasteiger partial charge in [0.1, 0.15) is 5.78 Å². The number of aryl methyl sites for hydroxylation is 1. The molecule has 0 radical (unpaired) electrons. The Bertz CT molecular complexity index is 449. The molecule has 1 rings (SSSR count). The quantitative estimate of drug-likeness (QED) is 0.705. The summed E-state index contributed by atoms with van der Waals surface area (Å²) >= 11 is 11.5. The van der Waals surface area contributed by atoms with Gasteiger partial charge in [-0.25, -0.2) is 0 Å². The second-order valence-corrected chi connectivity index (χ2v) is 6.50. The number of ketones is 1. The van der Waals surface area contributed by atoms with E-state index in [0.29, 0.717) is 16.0 Å². The van der Waals surface area contributed by atoms with Gasteiger partial charge < -0.3 is 5.73 Å². The Balaban J connectivity index is 0.000000406. The van der Waals surface area contributed by atoms with Crippen LogP contribution in [0.3, 0.4) is 0 Å². The summed E-state index contributed by atoms with van der Waals surface area (Å²) in [5.41, 5.74) is 6.51. The van der Waals surface area contributed by atoms with Crippen molar-refractivity contribution in [1.29, 1.82) is 0 Å². The fourth-order valence-corrected chi connectivity index (χ4v) is 2.36. The van der Waals surface area contributed by atoms with E-state index in [0.717, 1.165) is 12.8 Å². The van der Waals surface area contributed by atoms with Crippen molar-refractivity contribution in [1.82, 2.24) is 0 Å². The third kappa shape index (κ3) is 8.17. The molecule has 0 aliphatic heterocycles. The van der Waals surface area contributed by atoms with E-state index in [1.54, 1.807) is 0 Å². The molecule has 0 spiro atoms. The predicted octanol–water partition coefficient (Wildman–Crippen LogP) is 5.53. The summed E-state index contributed by atoms with van der Waals surface area (Å²) in [4.78, 5) is 11.2. The van der Waals surface area contributed by atoms with Crippen LogP contribution >= 0.6 is 23.2 Å². The van der Waals surface area contributed by atoms with Crippen LogP contribution in [0, 0.1) is 11.8 Å². The van der Waals surface area contributed by atoms with Crippen LogP contribution in [0.15, 0.2) is 18.2 Å². The Labute approximate surface area is 145 Å². The molecule has 0 bridgehead atoms. The first-order valence-corrected chi connectivity index (χ1v) is 8.79. The highest BCUT2D eigenvalue weighted by atomic mass is 35.5. The normalized spacial score (nSPS) is 13.0. The molecule has 0 aliphatic carbocycles. The van der Waals surface area contributed by atoms with Gasteiger partial charge in [0.2, 0.25) is 0 Å². The molecule has 1 aromatic carbocycles. The third-order valence-corrected chi connectivity index (χ3v) is 4.71. The van der Waals surface area contributed by atoms with Crippen LogP contribution in [0.5, 0.6) is 0 Å². The number of unbranched alkanes of at least 4 members (excludes halogenated alkanes) is 1. The number of halogens is 2. The molecule has 4 heteroatoms. The fourth-order valence-electron chi connectivity index (χ4n) is 2.04. The topological polar surface area (TPSA) is 43.1 Å². The van der Waals surface area contributed by atoms with Gasteiger partial charge in [0.25, 0.3) is 0 Å². The minimum Gasteiger partial charge on any atom is -0.324 e. The molecular weight excluding hydrogens is 317 g/mol. The summed E-state index contributed by atoms with van der Waals surface area (Å²) in [6.45, 7) is 8.56. The molecule has 2 N–H and O–H groups in total. The highest BCUT2D eigenvalue weighted by molar-refractivity contribution is 6.42. The van der Waals surface area contributed by atoms with Crippen LogP contribution in [-0.4, -0.2) is 12.3 Å². The number of hydrogen-bond donors (Lipinski definition) is 1. The molecule has 2 nitrogen and oxygen atoms in total. The van der Waals surface area contributed by atoms with Crippen LogP contribution in [-0.2, 0) is 11.2 Å². The second kappa shape index (κ2) is 11.9. The Morgan fingerprint density at radius 2 is 1.82 bits per heavy atom. The number of carbonyl (C=O) groups excluding carboxylic acids is 1. The van der Waals surface area contributed by atoms with Crippen molar-refractivity contribution in [2.45, 2.75) is 53.4 Å². The summed E-state index contributed by atoms with van der Waals surface area (Å²) in [5, 5.41) is 1.26. The molecule has 2 atom stereocenters. The summed E-state index contributed by atoms with van der Waals surface area (Å²) in [5.74, 6) is 0.821. The molecule has 2 unspecified atom stereocenters. The van der Waals surface area contributed by atoms with E-state index in [-0.39, 0.29) is 18.2 Å². The summed E-state index contributed by atoms with van der Waals surface area (Å²) in [6, 6.07) is 5.70. The highest BCUT2D eigenvalue weighted by Gasteiger charge is 2.17. The fraction of sp³-hybridized carbons (Fsp3) is 0.611. The third-order valence-electron chi connectivity index (χ3n) is 3.97. The average Bonchev–Trinajstić information content (AvgIpc) is 2.54. The summed E-state index contributed by atoms with van der Waals surface area (Å²) in [7, 11) is 0. The average molecular weight is 346 g/mol. The zero-order valence-electron chi connectivity index (χ0n) is 14.2. The van der Waals surface area contributed by atoms with Gasteiger partial charge in [-0.2, -0.15) is 0 Å². The Hall–Kier alpha value is -0.570. The van der Waals surface area contributed by atoms with Gasteiger partial charge in [-0.05, 0) is 30.0 Å². The molecule has 22 heavy (non-hydrogen) atoms. The minimum atomic E-state index is 0.140. The maximum Gasteiger partial charge on any atom is 0.149 e. The molecule has 1 aromatic rings. The second-order valence-electron chi connectivity index (χ2n) is 5.68. The lowest BCUT2D eigenvalue weighted by molar-refractivity contribution is -0.122. The Kier molecular flexibility index (Phi) is 11.6. The lowest BCUT2D eigenvalue weighted by Gasteiger charge is -2.17. The van der Waals surface area contributed by atoms with Crippen molar-refractivity contribution in [2.75, 3.05) is 6.54 Å². The minimum absolute atomic E-state index is 0.140.